The number of rotatable bonds is 3. The molecule has 0 N–H and O–H groups in total. The van der Waals surface area contributed by atoms with Crippen molar-refractivity contribution >= 4 is 31.5 Å². The maximum absolute atomic E-state index is 5.44. The van der Waals surface area contributed by atoms with Crippen LogP contribution in [0.15, 0.2) is 11.5 Å². The molecule has 0 saturated heterocycles. The third-order valence-electron chi connectivity index (χ3n) is 2.19. The van der Waals surface area contributed by atoms with Crippen molar-refractivity contribution in [3.8, 4) is 0 Å². The highest BCUT2D eigenvalue weighted by Gasteiger charge is 2.23. The number of allylic oxidation sites excluding steroid dienone is 1. The Morgan fingerprint density at radius 1 is 1.17 bits per heavy atom. The van der Waals surface area contributed by atoms with Crippen molar-refractivity contribution in [2.24, 2.45) is 0 Å². The first-order valence-corrected chi connectivity index (χ1v) is 6.62. The maximum atomic E-state index is 5.44. The summed E-state index contributed by atoms with van der Waals surface area (Å²) >= 11 is 0. The molecule has 0 aromatic heterocycles. The summed E-state index contributed by atoms with van der Waals surface area (Å²) in [5.74, 6) is 2.03. The number of hydrogen-bond acceptors (Lipinski definition) is 3. The molecule has 0 aromatic rings. The van der Waals surface area contributed by atoms with Gasteiger partial charge in [0.15, 0.2) is 0 Å². The van der Waals surface area contributed by atoms with E-state index in [1.807, 2.05) is 0 Å². The third-order valence-corrected chi connectivity index (χ3v) is 3.69. The van der Waals surface area contributed by atoms with Gasteiger partial charge in [-0.3, -0.25) is 0 Å². The largest absolute Gasteiger partial charge is 0.554 e. The van der Waals surface area contributed by atoms with Gasteiger partial charge in [0.2, 0.25) is 21.0 Å². The average molecular weight is 220 g/mol. The van der Waals surface area contributed by atoms with Gasteiger partial charge in [0.25, 0.3) is 0 Å². The molecule has 0 radical (unpaired) electrons. The van der Waals surface area contributed by atoms with Crippen LogP contribution in [0.3, 0.4) is 0 Å². The first-order valence-electron chi connectivity index (χ1n) is 4.17. The van der Waals surface area contributed by atoms with Crippen molar-refractivity contribution < 1.29 is 13.3 Å². The van der Waals surface area contributed by atoms with Crippen LogP contribution in [0.2, 0.25) is 0 Å². The molecule has 12 heavy (non-hydrogen) atoms. The van der Waals surface area contributed by atoms with Crippen molar-refractivity contribution in [1.29, 1.82) is 0 Å². The van der Waals surface area contributed by atoms with Crippen molar-refractivity contribution in [2.75, 3.05) is 0 Å². The van der Waals surface area contributed by atoms with Crippen LogP contribution in [0.1, 0.15) is 19.3 Å². The van der Waals surface area contributed by atoms with Crippen LogP contribution in [0.5, 0.6) is 0 Å². The molecule has 0 saturated carbocycles. The van der Waals surface area contributed by atoms with E-state index < -0.39 is 0 Å². The Bertz CT molecular complexity index is 183. The molecule has 0 heterocycles. The van der Waals surface area contributed by atoms with Gasteiger partial charge in [0, 0.05) is 6.42 Å². The summed E-state index contributed by atoms with van der Waals surface area (Å²) in [6, 6.07) is 0. The minimum Gasteiger partial charge on any atom is -0.554 e. The molecule has 6 heteroatoms. The van der Waals surface area contributed by atoms with Crippen molar-refractivity contribution in [3.63, 3.8) is 0 Å². The predicted molar refractivity (Wildman–Crippen MR) is 57.7 cm³/mol. The predicted octanol–water partition coefficient (Wildman–Crippen LogP) is -2.36. The lowest BCUT2D eigenvalue weighted by Gasteiger charge is -2.26. The van der Waals surface area contributed by atoms with Gasteiger partial charge >= 0.3 is 0 Å². The molecule has 0 amide bonds. The molecule has 1 unspecified atom stereocenters. The topological polar surface area (TPSA) is 27.7 Å². The summed E-state index contributed by atoms with van der Waals surface area (Å²) < 4.78 is 16.2. The van der Waals surface area contributed by atoms with Crippen LogP contribution in [0.25, 0.3) is 0 Å². The Morgan fingerprint density at radius 2 is 1.92 bits per heavy atom. The fourth-order valence-electron chi connectivity index (χ4n) is 1.55. The molecule has 0 aliphatic heterocycles. The first-order chi connectivity index (χ1) is 5.83. The summed E-state index contributed by atoms with van der Waals surface area (Å²) in [6.07, 6.45) is 3.49. The van der Waals surface area contributed by atoms with Crippen molar-refractivity contribution in [1.82, 2.24) is 0 Å². The molecular weight excluding hydrogens is 204 g/mol. The highest BCUT2D eigenvalue weighted by molar-refractivity contribution is 6.00. The van der Waals surface area contributed by atoms with E-state index in [2.05, 4.69) is 0 Å². The van der Waals surface area contributed by atoms with Gasteiger partial charge in [-0.2, -0.15) is 0 Å². The summed E-state index contributed by atoms with van der Waals surface area (Å²) in [5.41, 5.74) is 0. The first kappa shape index (κ1) is 10.0. The maximum Gasteiger partial charge on any atom is 0.204 e. The van der Waals surface area contributed by atoms with E-state index in [1.165, 1.54) is 6.42 Å². The third kappa shape index (κ3) is 2.00. The Balaban J connectivity index is 2.78. The van der Waals surface area contributed by atoms with Crippen LogP contribution < -0.4 is 0 Å². The summed E-state index contributed by atoms with van der Waals surface area (Å²) in [4.78, 5) is 0. The SMILES string of the molecule is [SiH3]OC1=C(O[SiH3])C(O[SiH3])CCC1. The van der Waals surface area contributed by atoms with E-state index in [0.29, 0.717) is 0 Å². The summed E-state index contributed by atoms with van der Waals surface area (Å²) in [5, 5.41) is 0. The lowest BCUT2D eigenvalue weighted by atomic mass is 10.0. The molecule has 70 valence electrons. The Labute approximate surface area is 82.1 Å². The van der Waals surface area contributed by atoms with Crippen LogP contribution in [-0.2, 0) is 13.3 Å². The molecule has 0 fully saturated rings. The smallest absolute Gasteiger partial charge is 0.204 e. The molecule has 0 bridgehead atoms. The minimum atomic E-state index is 0.201. The van der Waals surface area contributed by atoms with Crippen LogP contribution in [0.4, 0.5) is 0 Å². The van der Waals surface area contributed by atoms with Gasteiger partial charge in [-0.25, -0.2) is 0 Å². The fraction of sp³-hybridized carbons (Fsp3) is 0.667. The van der Waals surface area contributed by atoms with Gasteiger partial charge in [-0.15, -0.1) is 0 Å². The summed E-state index contributed by atoms with van der Waals surface area (Å²) in [6.45, 7) is 0. The van der Waals surface area contributed by atoms with E-state index in [9.17, 15) is 0 Å². The molecule has 1 aliphatic rings. The second-order valence-corrected chi connectivity index (χ2v) is 4.10. The summed E-state index contributed by atoms with van der Waals surface area (Å²) in [7, 11) is 2.25. The molecule has 0 spiro atoms. The van der Waals surface area contributed by atoms with Crippen molar-refractivity contribution in [3.05, 3.63) is 11.5 Å². The monoisotopic (exact) mass is 220 g/mol. The lowest BCUT2D eigenvalue weighted by Crippen LogP contribution is -2.22. The lowest BCUT2D eigenvalue weighted by molar-refractivity contribution is 0.161. The zero-order chi connectivity index (χ0) is 8.97. The fourth-order valence-corrected chi connectivity index (χ4v) is 2.90. The molecule has 1 rings (SSSR count). The molecule has 1 aliphatic carbocycles. The van der Waals surface area contributed by atoms with E-state index in [-0.39, 0.29) is 6.10 Å². The van der Waals surface area contributed by atoms with Crippen LogP contribution in [-0.4, -0.2) is 37.6 Å². The molecule has 3 nitrogen and oxygen atoms in total. The second kappa shape index (κ2) is 4.85. The van der Waals surface area contributed by atoms with Crippen LogP contribution >= 0.6 is 0 Å². The van der Waals surface area contributed by atoms with Crippen molar-refractivity contribution in [2.45, 2.75) is 25.4 Å². The Kier molecular flexibility index (Phi) is 4.06. The van der Waals surface area contributed by atoms with E-state index >= 15 is 0 Å². The molecule has 0 aromatic carbocycles. The molecule has 1 atom stereocenters. The van der Waals surface area contributed by atoms with Gasteiger partial charge in [0.05, 0.1) is 0 Å². The minimum absolute atomic E-state index is 0.201. The molecular formula is C6H16O3Si3. The zero-order valence-electron chi connectivity index (χ0n) is 7.92. The highest BCUT2D eigenvalue weighted by atomic mass is 28.2. The average Bonchev–Trinajstić information content (AvgIpc) is 2.16. The zero-order valence-corrected chi connectivity index (χ0v) is 13.9. The standard InChI is InChI=1S/C6H16O3Si3/c10-7-4-2-1-3-5(8-11)6(4)9-12/h4H,1-3H2,10-12H3. The Hall–Kier alpha value is -0.0494. The Morgan fingerprint density at radius 3 is 2.42 bits per heavy atom. The van der Waals surface area contributed by atoms with Gasteiger partial charge in [-0.1, -0.05) is 0 Å². The van der Waals surface area contributed by atoms with E-state index in [1.54, 1.807) is 0 Å². The quantitative estimate of drug-likeness (QED) is 0.498. The second-order valence-electron chi connectivity index (χ2n) is 2.81. The van der Waals surface area contributed by atoms with Crippen LogP contribution in [0, 0.1) is 0 Å². The van der Waals surface area contributed by atoms with Gasteiger partial charge < -0.3 is 13.3 Å². The van der Waals surface area contributed by atoms with E-state index in [4.69, 9.17) is 13.3 Å². The number of hydrogen-bond donors (Lipinski definition) is 0. The van der Waals surface area contributed by atoms with Gasteiger partial charge in [0.1, 0.15) is 28.1 Å². The normalized spacial score (nSPS) is 24.8. The van der Waals surface area contributed by atoms with E-state index in [0.717, 1.165) is 55.8 Å². The van der Waals surface area contributed by atoms with Gasteiger partial charge in [-0.05, 0) is 12.8 Å². The highest BCUT2D eigenvalue weighted by Crippen LogP contribution is 2.27.